The first kappa shape index (κ1) is 20.5. The highest BCUT2D eigenvalue weighted by atomic mass is 16.5. The lowest BCUT2D eigenvalue weighted by atomic mass is 9.96. The molecule has 1 saturated heterocycles. The lowest BCUT2D eigenvalue weighted by molar-refractivity contribution is -0.121. The second-order valence-corrected chi connectivity index (χ2v) is 8.40. The van der Waals surface area contributed by atoms with Gasteiger partial charge >= 0.3 is 5.63 Å². The average molecular weight is 431 g/mol. The summed E-state index contributed by atoms with van der Waals surface area (Å²) in [4.78, 5) is 25.3. The molecular weight excluding hydrogens is 406 g/mol. The molecule has 1 atom stereocenters. The first-order valence-electron chi connectivity index (χ1n) is 10.9. The van der Waals surface area contributed by atoms with Crippen LogP contribution < -0.4 is 10.9 Å². The minimum Gasteiger partial charge on any atom is -0.463 e. The Morgan fingerprint density at radius 1 is 1.16 bits per heavy atom. The number of amides is 1. The Kier molecular flexibility index (Phi) is 5.31. The van der Waals surface area contributed by atoms with Crippen LogP contribution in [0.25, 0.3) is 33.1 Å². The summed E-state index contributed by atoms with van der Waals surface area (Å²) >= 11 is 0. The van der Waals surface area contributed by atoms with E-state index in [9.17, 15) is 9.59 Å². The van der Waals surface area contributed by atoms with E-state index >= 15 is 0 Å². The third kappa shape index (κ3) is 3.60. The quantitative estimate of drug-likeness (QED) is 0.465. The summed E-state index contributed by atoms with van der Waals surface area (Å²) < 4.78 is 17.2. The molecule has 2 aromatic heterocycles. The first-order chi connectivity index (χ1) is 15.5. The largest absolute Gasteiger partial charge is 0.463 e. The third-order valence-electron chi connectivity index (χ3n) is 6.26. The molecule has 1 N–H and O–H groups in total. The van der Waals surface area contributed by atoms with Gasteiger partial charge in [0.25, 0.3) is 0 Å². The number of nitrogens with one attached hydrogen (secondary N) is 1. The van der Waals surface area contributed by atoms with Gasteiger partial charge in [-0.05, 0) is 49.4 Å². The summed E-state index contributed by atoms with van der Waals surface area (Å²) in [5.74, 6) is -0.219. The normalized spacial score (nSPS) is 16.1. The summed E-state index contributed by atoms with van der Waals surface area (Å²) in [5, 5.41) is 4.59. The smallest absolute Gasteiger partial charge is 0.340 e. The Bertz CT molecular complexity index is 1360. The maximum Gasteiger partial charge on any atom is 0.340 e. The van der Waals surface area contributed by atoms with Crippen molar-refractivity contribution in [3.05, 3.63) is 69.8 Å². The fourth-order valence-corrected chi connectivity index (χ4v) is 4.58. The molecule has 4 aromatic rings. The second kappa shape index (κ2) is 8.28. The molecule has 0 spiro atoms. The molecule has 164 valence electrons. The summed E-state index contributed by atoms with van der Waals surface area (Å²) in [6.45, 7) is 5.02. The van der Waals surface area contributed by atoms with E-state index in [0.29, 0.717) is 28.8 Å². The molecule has 0 bridgehead atoms. The zero-order chi connectivity index (χ0) is 22.2. The van der Waals surface area contributed by atoms with Gasteiger partial charge in [-0.15, -0.1) is 0 Å². The van der Waals surface area contributed by atoms with Crippen LogP contribution in [0.2, 0.25) is 0 Å². The molecule has 0 radical (unpaired) electrons. The molecule has 3 heterocycles. The van der Waals surface area contributed by atoms with Gasteiger partial charge in [0.1, 0.15) is 11.2 Å². The fourth-order valence-electron chi connectivity index (χ4n) is 4.58. The third-order valence-corrected chi connectivity index (χ3v) is 6.26. The molecular formula is C26H25NO5. The van der Waals surface area contributed by atoms with E-state index < -0.39 is 5.63 Å². The Morgan fingerprint density at radius 3 is 2.72 bits per heavy atom. The Morgan fingerprint density at radius 2 is 1.97 bits per heavy atom. The minimum absolute atomic E-state index is 0.0432. The highest BCUT2D eigenvalue weighted by Gasteiger charge is 2.22. The molecule has 1 amide bonds. The second-order valence-electron chi connectivity index (χ2n) is 8.40. The van der Waals surface area contributed by atoms with Gasteiger partial charge in [-0.25, -0.2) is 4.79 Å². The number of hydrogen-bond donors (Lipinski definition) is 1. The van der Waals surface area contributed by atoms with Crippen molar-refractivity contribution in [1.29, 1.82) is 0 Å². The molecule has 1 aliphatic heterocycles. The maximum absolute atomic E-state index is 12.7. The van der Waals surface area contributed by atoms with Crippen LogP contribution in [0, 0.1) is 13.8 Å². The fraction of sp³-hybridized carbons (Fsp3) is 0.308. The Labute approximate surface area is 185 Å². The predicted octanol–water partition coefficient (Wildman–Crippen LogP) is 4.66. The molecule has 2 aromatic carbocycles. The van der Waals surface area contributed by atoms with Crippen molar-refractivity contribution >= 4 is 27.8 Å². The molecule has 0 saturated carbocycles. The zero-order valence-electron chi connectivity index (χ0n) is 18.2. The average Bonchev–Trinajstić information content (AvgIpc) is 3.46. The molecule has 5 rings (SSSR count). The summed E-state index contributed by atoms with van der Waals surface area (Å²) in [6, 6.07) is 11.9. The van der Waals surface area contributed by atoms with Crippen LogP contribution >= 0.6 is 0 Å². The van der Waals surface area contributed by atoms with Crippen LogP contribution in [-0.4, -0.2) is 25.2 Å². The van der Waals surface area contributed by atoms with Crippen molar-refractivity contribution in [3.63, 3.8) is 0 Å². The van der Waals surface area contributed by atoms with E-state index in [4.69, 9.17) is 13.6 Å². The number of rotatable bonds is 5. The van der Waals surface area contributed by atoms with E-state index in [1.807, 2.05) is 50.2 Å². The van der Waals surface area contributed by atoms with Gasteiger partial charge in [0.2, 0.25) is 5.91 Å². The van der Waals surface area contributed by atoms with Crippen LogP contribution in [0.15, 0.2) is 56.3 Å². The van der Waals surface area contributed by atoms with E-state index in [1.54, 1.807) is 6.26 Å². The van der Waals surface area contributed by atoms with Crippen molar-refractivity contribution in [2.75, 3.05) is 13.2 Å². The standard InChI is InChI=1S/C26H25NO5/c1-15-11-21-24(25-23(15)20(14-31-25)17-7-4-3-5-8-17)16(2)19(26(29)32-21)12-22(28)27-13-18-9-6-10-30-18/h3-5,7-8,11,14,18H,6,9-10,12-13H2,1-2H3,(H,27,28). The maximum atomic E-state index is 12.7. The minimum atomic E-state index is -0.490. The molecule has 32 heavy (non-hydrogen) atoms. The SMILES string of the molecule is Cc1cc2oc(=O)c(CC(=O)NCC3CCCO3)c(C)c2c2occ(-c3ccccc3)c12. The topological polar surface area (TPSA) is 81.7 Å². The number of benzene rings is 2. The van der Waals surface area contributed by atoms with Crippen LogP contribution in [0.1, 0.15) is 29.5 Å². The van der Waals surface area contributed by atoms with Gasteiger partial charge < -0.3 is 18.9 Å². The molecule has 1 unspecified atom stereocenters. The van der Waals surface area contributed by atoms with Crippen LogP contribution in [-0.2, 0) is 16.0 Å². The van der Waals surface area contributed by atoms with Crippen LogP contribution in [0.4, 0.5) is 0 Å². The number of furan rings is 1. The molecule has 1 fully saturated rings. The molecule has 1 aliphatic rings. The van der Waals surface area contributed by atoms with Crippen LogP contribution in [0.5, 0.6) is 0 Å². The monoisotopic (exact) mass is 431 g/mol. The highest BCUT2D eigenvalue weighted by molar-refractivity contribution is 6.11. The predicted molar refractivity (Wildman–Crippen MR) is 123 cm³/mol. The van der Waals surface area contributed by atoms with E-state index in [2.05, 4.69) is 5.32 Å². The number of ether oxygens (including phenoxy) is 1. The van der Waals surface area contributed by atoms with Gasteiger partial charge in [0.15, 0.2) is 0 Å². The molecule has 0 aliphatic carbocycles. The van der Waals surface area contributed by atoms with Gasteiger partial charge in [0, 0.05) is 24.1 Å². The highest BCUT2D eigenvalue weighted by Crippen LogP contribution is 2.38. The van der Waals surface area contributed by atoms with Crippen LogP contribution in [0.3, 0.4) is 0 Å². The first-order valence-corrected chi connectivity index (χ1v) is 10.9. The van der Waals surface area contributed by atoms with Crippen molar-refractivity contribution in [2.45, 2.75) is 39.2 Å². The van der Waals surface area contributed by atoms with Crippen molar-refractivity contribution < 1.29 is 18.4 Å². The van der Waals surface area contributed by atoms with E-state index in [0.717, 1.165) is 46.9 Å². The van der Waals surface area contributed by atoms with Gasteiger partial charge in [-0.1, -0.05) is 30.3 Å². The van der Waals surface area contributed by atoms with Crippen molar-refractivity contribution in [1.82, 2.24) is 5.32 Å². The number of carbonyl (C=O) groups is 1. The van der Waals surface area contributed by atoms with Crippen molar-refractivity contribution in [2.24, 2.45) is 0 Å². The van der Waals surface area contributed by atoms with Crippen molar-refractivity contribution in [3.8, 4) is 11.1 Å². The number of aryl methyl sites for hydroxylation is 2. The zero-order valence-corrected chi connectivity index (χ0v) is 18.2. The molecule has 6 heteroatoms. The molecule has 6 nitrogen and oxygen atoms in total. The number of carbonyl (C=O) groups excluding carboxylic acids is 1. The van der Waals surface area contributed by atoms with E-state index in [1.165, 1.54) is 0 Å². The lowest BCUT2D eigenvalue weighted by Gasteiger charge is -2.12. The number of hydrogen-bond acceptors (Lipinski definition) is 5. The summed E-state index contributed by atoms with van der Waals surface area (Å²) in [5.41, 5.74) is 4.71. The number of fused-ring (bicyclic) bond motifs is 3. The summed E-state index contributed by atoms with van der Waals surface area (Å²) in [6.07, 6.45) is 3.70. The Balaban J connectivity index is 1.56. The lowest BCUT2D eigenvalue weighted by Crippen LogP contribution is -2.34. The van der Waals surface area contributed by atoms with E-state index in [-0.39, 0.29) is 18.4 Å². The van der Waals surface area contributed by atoms with Gasteiger partial charge in [-0.2, -0.15) is 0 Å². The van der Waals surface area contributed by atoms with Gasteiger partial charge in [-0.3, -0.25) is 4.79 Å². The van der Waals surface area contributed by atoms with Gasteiger partial charge in [0.05, 0.1) is 29.7 Å². The Hall–Kier alpha value is -3.38. The summed E-state index contributed by atoms with van der Waals surface area (Å²) in [7, 11) is 0.